The highest BCUT2D eigenvalue weighted by Crippen LogP contribution is 2.24. The minimum atomic E-state index is -5.05. The fraction of sp³-hybridized carbons (Fsp3) is 0.385. The van der Waals surface area contributed by atoms with Gasteiger partial charge in [0.05, 0.1) is 6.61 Å². The summed E-state index contributed by atoms with van der Waals surface area (Å²) in [5.41, 5.74) is -0.902. The Bertz CT molecular complexity index is 527. The van der Waals surface area contributed by atoms with Crippen LogP contribution in [0.3, 0.4) is 0 Å². The first-order valence-corrected chi connectivity index (χ1v) is 5.92. The van der Waals surface area contributed by atoms with Crippen LogP contribution in [0.1, 0.15) is 28.9 Å². The van der Waals surface area contributed by atoms with Crippen LogP contribution in [0.15, 0.2) is 24.3 Å². The number of esters is 1. The van der Waals surface area contributed by atoms with Crippen LogP contribution in [0.25, 0.3) is 0 Å². The van der Waals surface area contributed by atoms with E-state index in [4.69, 9.17) is 0 Å². The van der Waals surface area contributed by atoms with Crippen molar-refractivity contribution in [3.8, 4) is 0 Å². The minimum Gasteiger partial charge on any atom is -0.464 e. The highest BCUT2D eigenvalue weighted by atomic mass is 19.4. The lowest BCUT2D eigenvalue weighted by atomic mass is 10.00. The molecule has 21 heavy (non-hydrogen) atoms. The first kappa shape index (κ1) is 17.1. The molecule has 0 saturated carbocycles. The number of rotatable bonds is 5. The highest BCUT2D eigenvalue weighted by Gasteiger charge is 2.39. The molecule has 116 valence electrons. The smallest absolute Gasteiger partial charge is 0.454 e. The molecule has 1 aromatic carbocycles. The van der Waals surface area contributed by atoms with Crippen LogP contribution < -0.4 is 0 Å². The van der Waals surface area contributed by atoms with E-state index in [2.05, 4.69) is 4.74 Å². The number of benzene rings is 1. The van der Waals surface area contributed by atoms with Gasteiger partial charge < -0.3 is 14.9 Å². The SMILES string of the molecule is CCOC(=O)C(O)C(O)c1cccc(C(=O)C(F)(F)F)c1. The number of alkyl halides is 3. The third kappa shape index (κ3) is 4.27. The van der Waals surface area contributed by atoms with Crippen molar-refractivity contribution >= 4 is 11.8 Å². The summed E-state index contributed by atoms with van der Waals surface area (Å²) in [4.78, 5) is 22.3. The Balaban J connectivity index is 3.00. The van der Waals surface area contributed by atoms with Gasteiger partial charge in [0.15, 0.2) is 6.10 Å². The second kappa shape index (κ2) is 6.68. The predicted molar refractivity (Wildman–Crippen MR) is 64.4 cm³/mol. The molecule has 2 unspecified atom stereocenters. The van der Waals surface area contributed by atoms with E-state index >= 15 is 0 Å². The van der Waals surface area contributed by atoms with Crippen molar-refractivity contribution in [2.24, 2.45) is 0 Å². The molecule has 0 aromatic heterocycles. The summed E-state index contributed by atoms with van der Waals surface area (Å²) in [6.45, 7) is 1.45. The molecule has 2 N–H and O–H groups in total. The zero-order valence-electron chi connectivity index (χ0n) is 10.9. The third-order valence-corrected chi connectivity index (χ3v) is 2.57. The number of aliphatic hydroxyl groups is 2. The second-order valence-corrected chi connectivity index (χ2v) is 4.09. The molecular weight excluding hydrogens is 293 g/mol. The summed E-state index contributed by atoms with van der Waals surface area (Å²) >= 11 is 0. The summed E-state index contributed by atoms with van der Waals surface area (Å²) < 4.78 is 41.4. The maximum Gasteiger partial charge on any atom is 0.454 e. The first-order valence-electron chi connectivity index (χ1n) is 5.92. The normalized spacial score (nSPS) is 14.4. The third-order valence-electron chi connectivity index (χ3n) is 2.57. The fourth-order valence-electron chi connectivity index (χ4n) is 1.57. The molecule has 2 atom stereocenters. The van der Waals surface area contributed by atoms with Crippen LogP contribution in [0, 0.1) is 0 Å². The summed E-state index contributed by atoms with van der Waals surface area (Å²) in [7, 11) is 0. The topological polar surface area (TPSA) is 83.8 Å². The second-order valence-electron chi connectivity index (χ2n) is 4.09. The zero-order chi connectivity index (χ0) is 16.2. The predicted octanol–water partition coefficient (Wildman–Crippen LogP) is 1.39. The number of hydrogen-bond donors (Lipinski definition) is 2. The molecule has 0 fully saturated rings. The summed E-state index contributed by atoms with van der Waals surface area (Å²) in [6, 6.07) is 3.97. The minimum absolute atomic E-state index is 0.0325. The number of Topliss-reactive ketones (excluding diaryl/α,β-unsaturated/α-hetero) is 1. The lowest BCUT2D eigenvalue weighted by Gasteiger charge is -2.17. The standard InChI is InChI=1S/C13H13F3O5/c1-2-21-12(20)10(18)9(17)7-4-3-5-8(6-7)11(19)13(14,15)16/h3-6,9-10,17-18H,2H2,1H3. The fourth-order valence-corrected chi connectivity index (χ4v) is 1.57. The van der Waals surface area contributed by atoms with E-state index in [1.807, 2.05) is 0 Å². The van der Waals surface area contributed by atoms with Crippen molar-refractivity contribution < 1.29 is 37.7 Å². The van der Waals surface area contributed by atoms with Crippen molar-refractivity contribution in [3.63, 3.8) is 0 Å². The molecule has 0 spiro atoms. The van der Waals surface area contributed by atoms with Gasteiger partial charge in [-0.15, -0.1) is 0 Å². The number of ether oxygens (including phenoxy) is 1. The Morgan fingerprint density at radius 1 is 1.29 bits per heavy atom. The van der Waals surface area contributed by atoms with Crippen molar-refractivity contribution in [2.45, 2.75) is 25.3 Å². The van der Waals surface area contributed by atoms with Gasteiger partial charge in [-0.2, -0.15) is 13.2 Å². The molecule has 0 bridgehead atoms. The Morgan fingerprint density at radius 3 is 2.43 bits per heavy atom. The van der Waals surface area contributed by atoms with E-state index in [-0.39, 0.29) is 12.2 Å². The van der Waals surface area contributed by atoms with Gasteiger partial charge in [0.2, 0.25) is 0 Å². The largest absolute Gasteiger partial charge is 0.464 e. The molecule has 8 heteroatoms. The number of carbonyl (C=O) groups is 2. The number of ketones is 1. The first-order chi connectivity index (χ1) is 9.68. The summed E-state index contributed by atoms with van der Waals surface area (Å²) in [6.07, 6.45) is -8.81. The molecular formula is C13H13F3O5. The molecule has 0 heterocycles. The Morgan fingerprint density at radius 2 is 1.90 bits per heavy atom. The van der Waals surface area contributed by atoms with E-state index < -0.39 is 35.7 Å². The van der Waals surface area contributed by atoms with Crippen LogP contribution in [0.4, 0.5) is 13.2 Å². The van der Waals surface area contributed by atoms with Crippen LogP contribution in [0.2, 0.25) is 0 Å². The van der Waals surface area contributed by atoms with E-state index in [9.17, 15) is 33.0 Å². The molecule has 0 radical (unpaired) electrons. The van der Waals surface area contributed by atoms with Gasteiger partial charge in [0.25, 0.3) is 5.78 Å². The zero-order valence-corrected chi connectivity index (χ0v) is 10.9. The quantitative estimate of drug-likeness (QED) is 0.634. The van der Waals surface area contributed by atoms with Gasteiger partial charge in [-0.1, -0.05) is 18.2 Å². The van der Waals surface area contributed by atoms with Crippen LogP contribution in [-0.2, 0) is 9.53 Å². The molecule has 1 aromatic rings. The van der Waals surface area contributed by atoms with Crippen LogP contribution in [0.5, 0.6) is 0 Å². The van der Waals surface area contributed by atoms with Crippen LogP contribution in [-0.4, -0.2) is 40.9 Å². The van der Waals surface area contributed by atoms with E-state index in [1.54, 1.807) is 0 Å². The summed E-state index contributed by atoms with van der Waals surface area (Å²) in [5.74, 6) is -3.19. The van der Waals surface area contributed by atoms with E-state index in [0.29, 0.717) is 0 Å². The van der Waals surface area contributed by atoms with Crippen LogP contribution >= 0.6 is 0 Å². The lowest BCUT2D eigenvalue weighted by molar-refractivity contribution is -0.159. The Kier molecular flexibility index (Phi) is 5.45. The molecule has 1 rings (SSSR count). The van der Waals surface area contributed by atoms with Crippen molar-refractivity contribution in [1.82, 2.24) is 0 Å². The maximum absolute atomic E-state index is 12.3. The van der Waals surface area contributed by atoms with E-state index in [1.165, 1.54) is 13.0 Å². The number of hydrogen-bond acceptors (Lipinski definition) is 5. The molecule has 0 aliphatic carbocycles. The van der Waals surface area contributed by atoms with Gasteiger partial charge in [-0.3, -0.25) is 4.79 Å². The van der Waals surface area contributed by atoms with Gasteiger partial charge in [-0.25, -0.2) is 4.79 Å². The van der Waals surface area contributed by atoms with Crippen molar-refractivity contribution in [2.75, 3.05) is 6.61 Å². The Labute approximate surface area is 118 Å². The molecule has 5 nitrogen and oxygen atoms in total. The van der Waals surface area contributed by atoms with Crippen molar-refractivity contribution in [1.29, 1.82) is 0 Å². The number of aliphatic hydroxyl groups excluding tert-OH is 2. The van der Waals surface area contributed by atoms with Gasteiger partial charge in [-0.05, 0) is 18.6 Å². The molecule has 0 amide bonds. The van der Waals surface area contributed by atoms with Gasteiger partial charge in [0.1, 0.15) is 6.10 Å². The summed E-state index contributed by atoms with van der Waals surface area (Å²) in [5, 5.41) is 19.3. The molecule has 0 aliphatic rings. The average molecular weight is 306 g/mol. The number of halogens is 3. The van der Waals surface area contributed by atoms with Gasteiger partial charge >= 0.3 is 12.1 Å². The lowest BCUT2D eigenvalue weighted by Crippen LogP contribution is -2.30. The van der Waals surface area contributed by atoms with E-state index in [0.717, 1.165) is 18.2 Å². The maximum atomic E-state index is 12.3. The van der Waals surface area contributed by atoms with Crippen molar-refractivity contribution in [3.05, 3.63) is 35.4 Å². The monoisotopic (exact) mass is 306 g/mol. The number of carbonyl (C=O) groups excluding carboxylic acids is 2. The molecule has 0 saturated heterocycles. The molecule has 0 aliphatic heterocycles. The Hall–Kier alpha value is -1.93. The highest BCUT2D eigenvalue weighted by molar-refractivity contribution is 6.00. The van der Waals surface area contributed by atoms with Gasteiger partial charge in [0, 0.05) is 5.56 Å². The average Bonchev–Trinajstić information content (AvgIpc) is 2.44.